The highest BCUT2D eigenvalue weighted by Gasteiger charge is 2.28. The fourth-order valence-corrected chi connectivity index (χ4v) is 1.60. The van der Waals surface area contributed by atoms with Gasteiger partial charge in [0.15, 0.2) is 0 Å². The van der Waals surface area contributed by atoms with Crippen LogP contribution in [0.1, 0.15) is 13.3 Å². The van der Waals surface area contributed by atoms with E-state index in [1.54, 1.807) is 6.92 Å². The summed E-state index contributed by atoms with van der Waals surface area (Å²) in [5, 5.41) is 13.3. The van der Waals surface area contributed by atoms with Gasteiger partial charge in [0.05, 0.1) is 12.6 Å². The van der Waals surface area contributed by atoms with E-state index in [9.17, 15) is 14.9 Å². The second-order valence-corrected chi connectivity index (χ2v) is 3.72. The monoisotopic (exact) mass is 240 g/mol. The van der Waals surface area contributed by atoms with Gasteiger partial charge in [-0.05, 0) is 4.92 Å². The lowest BCUT2D eigenvalue weighted by molar-refractivity contribution is -0.389. The second-order valence-electron chi connectivity index (χ2n) is 3.72. The molecule has 17 heavy (non-hydrogen) atoms. The summed E-state index contributed by atoms with van der Waals surface area (Å²) in [7, 11) is 0. The van der Waals surface area contributed by atoms with Crippen molar-refractivity contribution in [3.8, 4) is 6.01 Å². The highest BCUT2D eigenvalue weighted by Crippen LogP contribution is 2.21. The van der Waals surface area contributed by atoms with Crippen LogP contribution in [0.15, 0.2) is 6.20 Å². The number of rotatable bonds is 3. The van der Waals surface area contributed by atoms with Gasteiger partial charge in [0, 0.05) is 11.4 Å². The Morgan fingerprint density at radius 1 is 1.82 bits per heavy atom. The van der Waals surface area contributed by atoms with E-state index in [1.165, 1.54) is 10.8 Å². The summed E-state index contributed by atoms with van der Waals surface area (Å²) in [6, 6.07) is 0.0439. The third-order valence-electron chi connectivity index (χ3n) is 2.43. The number of nitro groups is 1. The zero-order chi connectivity index (χ0) is 12.4. The van der Waals surface area contributed by atoms with Gasteiger partial charge in [-0.25, -0.2) is 0 Å². The smallest absolute Gasteiger partial charge is 0.414 e. The Balaban J connectivity index is 2.08. The minimum absolute atomic E-state index is 0.0725. The fourth-order valence-electron chi connectivity index (χ4n) is 1.60. The minimum Gasteiger partial charge on any atom is -0.444 e. The maximum Gasteiger partial charge on any atom is 0.414 e. The first-order valence-corrected chi connectivity index (χ1v) is 5.24. The Morgan fingerprint density at radius 3 is 3.24 bits per heavy atom. The van der Waals surface area contributed by atoms with E-state index in [0.717, 1.165) is 0 Å². The lowest BCUT2D eigenvalue weighted by Gasteiger charge is -2.22. The molecule has 0 radical (unpaired) electrons. The Morgan fingerprint density at radius 2 is 2.59 bits per heavy atom. The van der Waals surface area contributed by atoms with Crippen molar-refractivity contribution < 1.29 is 14.5 Å². The lowest BCUT2D eigenvalue weighted by Crippen LogP contribution is -2.44. The second kappa shape index (κ2) is 4.40. The third-order valence-corrected chi connectivity index (χ3v) is 2.43. The van der Waals surface area contributed by atoms with Crippen LogP contribution in [-0.4, -0.2) is 33.0 Å². The largest absolute Gasteiger partial charge is 0.444 e. The molecule has 8 heteroatoms. The molecule has 0 fully saturated rings. The Kier molecular flexibility index (Phi) is 2.94. The normalized spacial score (nSPS) is 18.1. The number of carbonyl (C=O) groups excluding carboxylic acids is 1. The molecular formula is C9H12N4O4. The molecule has 0 aliphatic carbocycles. The van der Waals surface area contributed by atoms with E-state index in [0.29, 0.717) is 13.0 Å². The van der Waals surface area contributed by atoms with Crippen LogP contribution in [0.4, 0.5) is 5.82 Å². The number of nitrogens with one attached hydrogen (secondary N) is 1. The summed E-state index contributed by atoms with van der Waals surface area (Å²) in [5.41, 5.74) is 0. The van der Waals surface area contributed by atoms with Crippen LogP contribution in [0.25, 0.3) is 0 Å². The number of ether oxygens (including phenoxy) is 1. The zero-order valence-electron chi connectivity index (χ0n) is 9.25. The molecule has 1 amide bonds. The van der Waals surface area contributed by atoms with Crippen molar-refractivity contribution in [2.75, 3.05) is 6.61 Å². The van der Waals surface area contributed by atoms with Crippen molar-refractivity contribution in [3.05, 3.63) is 16.3 Å². The Labute approximate surface area is 96.7 Å². The van der Waals surface area contributed by atoms with Gasteiger partial charge in [-0.15, -0.1) is 0 Å². The minimum atomic E-state index is -0.575. The predicted molar refractivity (Wildman–Crippen MR) is 56.6 cm³/mol. The molecule has 1 aliphatic heterocycles. The molecule has 0 spiro atoms. The molecule has 0 saturated heterocycles. The molecule has 1 N–H and O–H groups in total. The van der Waals surface area contributed by atoms with E-state index < -0.39 is 4.92 Å². The topological polar surface area (TPSA) is 99.3 Å². The Bertz CT molecular complexity index is 456. The molecule has 1 aliphatic rings. The molecule has 1 aromatic heterocycles. The van der Waals surface area contributed by atoms with Gasteiger partial charge in [0.25, 0.3) is 0 Å². The molecule has 2 heterocycles. The molecule has 1 atom stereocenters. The summed E-state index contributed by atoms with van der Waals surface area (Å²) >= 11 is 0. The van der Waals surface area contributed by atoms with Crippen LogP contribution < -0.4 is 10.1 Å². The predicted octanol–water partition coefficient (Wildman–Crippen LogP) is 0.0785. The van der Waals surface area contributed by atoms with Crippen molar-refractivity contribution in [2.24, 2.45) is 0 Å². The van der Waals surface area contributed by atoms with Gasteiger partial charge in [0.1, 0.15) is 12.8 Å². The van der Waals surface area contributed by atoms with Crippen molar-refractivity contribution >= 4 is 11.7 Å². The highest BCUT2D eigenvalue weighted by molar-refractivity contribution is 5.75. The quantitative estimate of drug-likeness (QED) is 0.595. The van der Waals surface area contributed by atoms with Crippen LogP contribution in [0, 0.1) is 10.1 Å². The molecular weight excluding hydrogens is 228 g/mol. The third kappa shape index (κ3) is 2.35. The van der Waals surface area contributed by atoms with Gasteiger partial charge in [-0.1, -0.05) is 6.92 Å². The number of hydrogen-bond donors (Lipinski definition) is 1. The molecule has 1 aromatic rings. The number of hydrogen-bond acceptors (Lipinski definition) is 5. The highest BCUT2D eigenvalue weighted by atomic mass is 16.6. The first kappa shape index (κ1) is 11.4. The Hall–Kier alpha value is -2.12. The molecule has 8 nitrogen and oxygen atoms in total. The van der Waals surface area contributed by atoms with Crippen LogP contribution in [0.2, 0.25) is 0 Å². The molecule has 0 aromatic carbocycles. The molecule has 0 saturated carbocycles. The van der Waals surface area contributed by atoms with E-state index in [2.05, 4.69) is 10.3 Å². The fraction of sp³-hybridized carbons (Fsp3) is 0.556. The first-order valence-electron chi connectivity index (χ1n) is 5.24. The first-order chi connectivity index (χ1) is 8.10. The lowest BCUT2D eigenvalue weighted by atomic mass is 10.2. The van der Waals surface area contributed by atoms with Crippen molar-refractivity contribution in [1.29, 1.82) is 0 Å². The summed E-state index contributed by atoms with van der Waals surface area (Å²) in [4.78, 5) is 24.9. The standard InChI is InChI=1S/C9H12N4O4/c1-2-8(14)10-6-3-12-4-7(13(15)16)11-9(12)17-5-6/h4,6H,2-3,5H2,1H3,(H,10,14)/t6-/m0/s1. The van der Waals surface area contributed by atoms with Crippen molar-refractivity contribution in [1.82, 2.24) is 14.9 Å². The van der Waals surface area contributed by atoms with Crippen LogP contribution in [-0.2, 0) is 11.3 Å². The average Bonchev–Trinajstić information content (AvgIpc) is 2.72. The maximum atomic E-state index is 11.2. The van der Waals surface area contributed by atoms with Crippen LogP contribution >= 0.6 is 0 Å². The van der Waals surface area contributed by atoms with Gasteiger partial charge in [-0.3, -0.25) is 9.36 Å². The van der Waals surface area contributed by atoms with E-state index in [-0.39, 0.29) is 30.4 Å². The molecule has 92 valence electrons. The van der Waals surface area contributed by atoms with E-state index >= 15 is 0 Å². The summed E-state index contributed by atoms with van der Waals surface area (Å²) in [5.74, 6) is -0.320. The molecule has 0 unspecified atom stereocenters. The van der Waals surface area contributed by atoms with Gasteiger partial charge in [-0.2, -0.15) is 0 Å². The van der Waals surface area contributed by atoms with Gasteiger partial charge in [0.2, 0.25) is 5.91 Å². The summed E-state index contributed by atoms with van der Waals surface area (Å²) < 4.78 is 6.77. The zero-order valence-corrected chi connectivity index (χ0v) is 9.25. The van der Waals surface area contributed by atoms with Crippen LogP contribution in [0.5, 0.6) is 6.01 Å². The number of carbonyl (C=O) groups is 1. The number of fused-ring (bicyclic) bond motifs is 1. The number of nitrogens with zero attached hydrogens (tertiary/aromatic N) is 3. The van der Waals surface area contributed by atoms with E-state index in [1.807, 2.05) is 0 Å². The van der Waals surface area contributed by atoms with Crippen molar-refractivity contribution in [2.45, 2.75) is 25.9 Å². The van der Waals surface area contributed by atoms with E-state index in [4.69, 9.17) is 4.74 Å². The summed E-state index contributed by atoms with van der Waals surface area (Å²) in [6.07, 6.45) is 1.70. The number of imidazole rings is 1. The van der Waals surface area contributed by atoms with Gasteiger partial charge < -0.3 is 20.2 Å². The van der Waals surface area contributed by atoms with Crippen LogP contribution in [0.3, 0.4) is 0 Å². The average molecular weight is 240 g/mol. The summed E-state index contributed by atoms with van der Waals surface area (Å²) in [6.45, 7) is 2.47. The molecule has 2 rings (SSSR count). The number of amides is 1. The van der Waals surface area contributed by atoms with Crippen molar-refractivity contribution in [3.63, 3.8) is 0 Å². The maximum absolute atomic E-state index is 11.2. The number of aromatic nitrogens is 2. The molecule has 0 bridgehead atoms. The van der Waals surface area contributed by atoms with Gasteiger partial charge >= 0.3 is 11.8 Å². The SMILES string of the molecule is CCC(=O)N[C@@H]1COc2nc([N+](=O)[O-])cn2C1.